The van der Waals surface area contributed by atoms with Crippen LogP contribution in [0.2, 0.25) is 0 Å². The average Bonchev–Trinajstić information content (AvgIpc) is 2.36. The summed E-state index contributed by atoms with van der Waals surface area (Å²) in [6.07, 6.45) is -9.07. The van der Waals surface area contributed by atoms with Crippen molar-refractivity contribution in [2.45, 2.75) is 25.3 Å². The van der Waals surface area contributed by atoms with Crippen molar-refractivity contribution < 1.29 is 37.3 Å². The second-order valence-electron chi connectivity index (χ2n) is 3.88. The molecule has 0 fully saturated rings. The first-order chi connectivity index (χ1) is 9.18. The van der Waals surface area contributed by atoms with E-state index >= 15 is 0 Å². The van der Waals surface area contributed by atoms with E-state index in [0.29, 0.717) is 18.2 Å². The highest BCUT2D eigenvalue weighted by Gasteiger charge is 2.34. The lowest BCUT2D eigenvalue weighted by Gasteiger charge is -2.18. The van der Waals surface area contributed by atoms with Crippen LogP contribution < -0.4 is 0 Å². The molecule has 1 aromatic rings. The SMILES string of the molecule is CCOC(=O)C(O)C(O)c1cc(C(F)(F)F)ccc1F. The Hall–Kier alpha value is -1.67. The summed E-state index contributed by atoms with van der Waals surface area (Å²) in [6.45, 7) is 1.33. The van der Waals surface area contributed by atoms with Gasteiger partial charge in [0.1, 0.15) is 11.9 Å². The van der Waals surface area contributed by atoms with Gasteiger partial charge in [-0.3, -0.25) is 0 Å². The van der Waals surface area contributed by atoms with Crippen LogP contribution in [0.4, 0.5) is 17.6 Å². The molecule has 4 nitrogen and oxygen atoms in total. The van der Waals surface area contributed by atoms with Crippen molar-refractivity contribution in [3.8, 4) is 0 Å². The van der Waals surface area contributed by atoms with Gasteiger partial charge in [0.05, 0.1) is 12.2 Å². The van der Waals surface area contributed by atoms with Gasteiger partial charge in [-0.05, 0) is 25.1 Å². The summed E-state index contributed by atoms with van der Waals surface area (Å²) in [5, 5.41) is 19.0. The Kier molecular flexibility index (Phi) is 5.07. The smallest absolute Gasteiger partial charge is 0.416 e. The Morgan fingerprint density at radius 1 is 1.35 bits per heavy atom. The van der Waals surface area contributed by atoms with Crippen molar-refractivity contribution in [2.75, 3.05) is 6.61 Å². The maximum absolute atomic E-state index is 13.4. The number of aliphatic hydroxyl groups excluding tert-OH is 2. The molecular formula is C12H12F4O4. The van der Waals surface area contributed by atoms with Gasteiger partial charge in [-0.15, -0.1) is 0 Å². The minimum atomic E-state index is -4.74. The molecule has 0 aliphatic heterocycles. The van der Waals surface area contributed by atoms with Crippen LogP contribution in [0.5, 0.6) is 0 Å². The van der Waals surface area contributed by atoms with Crippen LogP contribution in [0.3, 0.4) is 0 Å². The largest absolute Gasteiger partial charge is 0.464 e. The fourth-order valence-corrected chi connectivity index (χ4v) is 1.47. The van der Waals surface area contributed by atoms with Gasteiger partial charge in [-0.25, -0.2) is 9.18 Å². The zero-order valence-electron chi connectivity index (χ0n) is 10.3. The van der Waals surface area contributed by atoms with Gasteiger partial charge in [-0.2, -0.15) is 13.2 Å². The minimum Gasteiger partial charge on any atom is -0.464 e. The molecule has 0 saturated heterocycles. The van der Waals surface area contributed by atoms with Crippen LogP contribution in [0.25, 0.3) is 0 Å². The molecule has 20 heavy (non-hydrogen) atoms. The van der Waals surface area contributed by atoms with Gasteiger partial charge < -0.3 is 14.9 Å². The molecule has 0 heterocycles. The first-order valence-electron chi connectivity index (χ1n) is 5.58. The van der Waals surface area contributed by atoms with Crippen LogP contribution in [0, 0.1) is 5.82 Å². The number of hydrogen-bond acceptors (Lipinski definition) is 4. The highest BCUT2D eigenvalue weighted by Crippen LogP contribution is 2.32. The highest BCUT2D eigenvalue weighted by atomic mass is 19.4. The number of benzene rings is 1. The van der Waals surface area contributed by atoms with Crippen molar-refractivity contribution >= 4 is 5.97 Å². The van der Waals surface area contributed by atoms with E-state index in [1.54, 1.807) is 0 Å². The normalized spacial score (nSPS) is 14.8. The van der Waals surface area contributed by atoms with Crippen molar-refractivity contribution in [3.63, 3.8) is 0 Å². The van der Waals surface area contributed by atoms with Gasteiger partial charge >= 0.3 is 12.1 Å². The molecule has 0 spiro atoms. The Morgan fingerprint density at radius 2 is 1.95 bits per heavy atom. The summed E-state index contributed by atoms with van der Waals surface area (Å²) >= 11 is 0. The number of halogens is 4. The molecule has 1 rings (SSSR count). The van der Waals surface area contributed by atoms with Crippen molar-refractivity contribution in [2.24, 2.45) is 0 Å². The Bertz CT molecular complexity index is 487. The average molecular weight is 296 g/mol. The summed E-state index contributed by atoms with van der Waals surface area (Å²) in [5.74, 6) is -2.43. The van der Waals surface area contributed by atoms with Crippen LogP contribution >= 0.6 is 0 Å². The zero-order valence-corrected chi connectivity index (χ0v) is 10.3. The van der Waals surface area contributed by atoms with E-state index in [2.05, 4.69) is 4.74 Å². The summed E-state index contributed by atoms with van der Waals surface area (Å²) in [6, 6.07) is 1.32. The second kappa shape index (κ2) is 6.19. The van der Waals surface area contributed by atoms with Gasteiger partial charge in [0.2, 0.25) is 0 Å². The predicted octanol–water partition coefficient (Wildman–Crippen LogP) is 1.80. The molecule has 0 radical (unpaired) electrons. The van der Waals surface area contributed by atoms with Crippen LogP contribution in [0.1, 0.15) is 24.2 Å². The van der Waals surface area contributed by atoms with Crippen molar-refractivity contribution in [1.82, 2.24) is 0 Å². The van der Waals surface area contributed by atoms with Crippen LogP contribution in [0.15, 0.2) is 18.2 Å². The van der Waals surface area contributed by atoms with Crippen LogP contribution in [-0.2, 0) is 15.7 Å². The monoisotopic (exact) mass is 296 g/mol. The quantitative estimate of drug-likeness (QED) is 0.657. The van der Waals surface area contributed by atoms with E-state index < -0.39 is 41.3 Å². The number of carbonyl (C=O) groups excluding carboxylic acids is 1. The first-order valence-corrected chi connectivity index (χ1v) is 5.58. The van der Waals surface area contributed by atoms with E-state index in [4.69, 9.17) is 0 Å². The number of esters is 1. The lowest BCUT2D eigenvalue weighted by molar-refractivity contribution is -0.159. The molecule has 112 valence electrons. The van der Waals surface area contributed by atoms with E-state index in [9.17, 15) is 32.6 Å². The summed E-state index contributed by atoms with van der Waals surface area (Å²) in [7, 11) is 0. The standard InChI is InChI=1S/C12H12F4O4/c1-2-20-11(19)10(18)9(17)7-5-6(12(14,15)16)3-4-8(7)13/h3-5,9-10,17-18H,2H2,1H3. The fourth-order valence-electron chi connectivity index (χ4n) is 1.47. The molecule has 2 atom stereocenters. The number of aliphatic hydroxyl groups is 2. The predicted molar refractivity (Wildman–Crippen MR) is 59.0 cm³/mol. The summed E-state index contributed by atoms with van der Waals surface area (Å²) < 4.78 is 55.3. The van der Waals surface area contributed by atoms with Gasteiger partial charge in [0, 0.05) is 5.56 Å². The zero-order chi connectivity index (χ0) is 15.5. The fraction of sp³-hybridized carbons (Fsp3) is 0.417. The molecule has 0 aliphatic rings. The van der Waals surface area contributed by atoms with E-state index in [-0.39, 0.29) is 6.61 Å². The number of carbonyl (C=O) groups is 1. The lowest BCUT2D eigenvalue weighted by atomic mass is 10.0. The van der Waals surface area contributed by atoms with Gasteiger partial charge in [0.25, 0.3) is 0 Å². The molecule has 0 aromatic heterocycles. The van der Waals surface area contributed by atoms with Gasteiger partial charge in [-0.1, -0.05) is 0 Å². The molecule has 0 bridgehead atoms. The molecule has 8 heteroatoms. The molecular weight excluding hydrogens is 284 g/mol. The lowest BCUT2D eigenvalue weighted by Crippen LogP contribution is -2.30. The van der Waals surface area contributed by atoms with Crippen molar-refractivity contribution in [1.29, 1.82) is 0 Å². The molecule has 2 N–H and O–H groups in total. The Labute approximate surface area is 111 Å². The van der Waals surface area contributed by atoms with E-state index in [0.717, 1.165) is 0 Å². The topological polar surface area (TPSA) is 66.8 Å². The Morgan fingerprint density at radius 3 is 2.45 bits per heavy atom. The van der Waals surface area contributed by atoms with E-state index in [1.165, 1.54) is 6.92 Å². The number of hydrogen-bond donors (Lipinski definition) is 2. The molecule has 2 unspecified atom stereocenters. The molecule has 0 saturated carbocycles. The maximum atomic E-state index is 13.4. The summed E-state index contributed by atoms with van der Waals surface area (Å²) in [5.41, 5.74) is -2.04. The first kappa shape index (κ1) is 16.4. The third kappa shape index (κ3) is 3.67. The number of ether oxygens (including phenoxy) is 1. The number of rotatable bonds is 4. The van der Waals surface area contributed by atoms with E-state index in [1.807, 2.05) is 0 Å². The number of alkyl halides is 3. The second-order valence-corrected chi connectivity index (χ2v) is 3.88. The third-order valence-corrected chi connectivity index (χ3v) is 2.47. The maximum Gasteiger partial charge on any atom is 0.416 e. The molecule has 0 aliphatic carbocycles. The molecule has 1 aromatic carbocycles. The van der Waals surface area contributed by atoms with Gasteiger partial charge in [0.15, 0.2) is 6.10 Å². The van der Waals surface area contributed by atoms with Crippen LogP contribution in [-0.4, -0.2) is 28.9 Å². The minimum absolute atomic E-state index is 0.103. The van der Waals surface area contributed by atoms with Crippen molar-refractivity contribution in [3.05, 3.63) is 35.1 Å². The third-order valence-electron chi connectivity index (χ3n) is 2.47. The molecule has 0 amide bonds. The summed E-state index contributed by atoms with van der Waals surface area (Å²) in [4.78, 5) is 11.2. The Balaban J connectivity index is 3.09. The highest BCUT2D eigenvalue weighted by molar-refractivity contribution is 5.75.